The van der Waals surface area contributed by atoms with Crippen molar-refractivity contribution in [3.05, 3.63) is 89.2 Å². The van der Waals surface area contributed by atoms with Crippen molar-refractivity contribution in [2.24, 2.45) is 0 Å². The normalized spacial score (nSPS) is 16.2. The number of nitrogens with one attached hydrogen (secondary N) is 1. The molecule has 2 amide bonds. The van der Waals surface area contributed by atoms with E-state index in [4.69, 9.17) is 4.74 Å². The van der Waals surface area contributed by atoms with E-state index < -0.39 is 0 Å². The van der Waals surface area contributed by atoms with Crippen LogP contribution in [0.2, 0.25) is 0 Å². The van der Waals surface area contributed by atoms with Gasteiger partial charge in [0.2, 0.25) is 0 Å². The summed E-state index contributed by atoms with van der Waals surface area (Å²) in [4.78, 5) is 23.8. The molecular formula is C25H28N4O2. The van der Waals surface area contributed by atoms with Gasteiger partial charge in [0.15, 0.2) is 0 Å². The maximum atomic E-state index is 13.2. The van der Waals surface area contributed by atoms with Gasteiger partial charge < -0.3 is 15.0 Å². The van der Waals surface area contributed by atoms with E-state index in [0.29, 0.717) is 19.1 Å². The first-order chi connectivity index (χ1) is 15.1. The highest BCUT2D eigenvalue weighted by molar-refractivity contribution is 5.75. The van der Waals surface area contributed by atoms with Crippen LogP contribution in [-0.4, -0.2) is 40.1 Å². The van der Waals surface area contributed by atoms with Crippen LogP contribution < -0.4 is 10.1 Å². The van der Waals surface area contributed by atoms with Crippen LogP contribution >= 0.6 is 0 Å². The van der Waals surface area contributed by atoms with E-state index in [-0.39, 0.29) is 18.2 Å². The molecule has 1 unspecified atom stereocenters. The molecule has 6 heteroatoms. The predicted octanol–water partition coefficient (Wildman–Crippen LogP) is 4.44. The number of piperidine rings is 1. The molecule has 4 rings (SSSR count). The van der Waals surface area contributed by atoms with Gasteiger partial charge in [-0.3, -0.25) is 0 Å². The SMILES string of the molecule is Cc1cc(C)nc(OC2CCCN(C(=O)NC(c3ccccc3)c3ccccc3)C2)n1. The number of ether oxygens (including phenoxy) is 1. The molecule has 160 valence electrons. The van der Waals surface area contributed by atoms with Crippen molar-refractivity contribution in [2.75, 3.05) is 13.1 Å². The maximum Gasteiger partial charge on any atom is 0.318 e. The summed E-state index contributed by atoms with van der Waals surface area (Å²) in [5.41, 5.74) is 3.86. The Morgan fingerprint density at radius 3 is 2.16 bits per heavy atom. The van der Waals surface area contributed by atoms with Gasteiger partial charge in [-0.2, -0.15) is 0 Å². The second kappa shape index (κ2) is 9.60. The zero-order valence-corrected chi connectivity index (χ0v) is 18.0. The van der Waals surface area contributed by atoms with E-state index >= 15 is 0 Å². The first-order valence-electron chi connectivity index (χ1n) is 10.7. The number of urea groups is 1. The summed E-state index contributed by atoms with van der Waals surface area (Å²) >= 11 is 0. The summed E-state index contributed by atoms with van der Waals surface area (Å²) in [5.74, 6) is 0. The maximum absolute atomic E-state index is 13.2. The van der Waals surface area contributed by atoms with E-state index in [9.17, 15) is 4.79 Å². The van der Waals surface area contributed by atoms with Crippen LogP contribution in [0.3, 0.4) is 0 Å². The van der Waals surface area contributed by atoms with Crippen molar-refractivity contribution in [1.82, 2.24) is 20.2 Å². The first-order valence-corrected chi connectivity index (χ1v) is 10.7. The monoisotopic (exact) mass is 416 g/mol. The van der Waals surface area contributed by atoms with E-state index in [0.717, 1.165) is 35.4 Å². The van der Waals surface area contributed by atoms with Crippen LogP contribution in [0.15, 0.2) is 66.7 Å². The summed E-state index contributed by atoms with van der Waals surface area (Å²) < 4.78 is 6.03. The number of hydrogen-bond acceptors (Lipinski definition) is 4. The molecule has 0 bridgehead atoms. The van der Waals surface area contributed by atoms with Crippen molar-refractivity contribution < 1.29 is 9.53 Å². The largest absolute Gasteiger partial charge is 0.458 e. The molecule has 6 nitrogen and oxygen atoms in total. The number of rotatable bonds is 5. The average molecular weight is 417 g/mol. The van der Waals surface area contributed by atoms with Gasteiger partial charge in [-0.25, -0.2) is 14.8 Å². The minimum atomic E-state index is -0.209. The summed E-state index contributed by atoms with van der Waals surface area (Å²) in [6.07, 6.45) is 1.64. The van der Waals surface area contributed by atoms with Gasteiger partial charge in [0.1, 0.15) is 6.10 Å². The molecule has 1 aromatic heterocycles. The zero-order valence-electron chi connectivity index (χ0n) is 18.0. The molecule has 0 saturated carbocycles. The van der Waals surface area contributed by atoms with Gasteiger partial charge in [0.25, 0.3) is 0 Å². The number of nitrogens with zero attached hydrogens (tertiary/aromatic N) is 3. The van der Waals surface area contributed by atoms with Crippen LogP contribution in [0.1, 0.15) is 41.4 Å². The van der Waals surface area contributed by atoms with Gasteiger partial charge in [-0.15, -0.1) is 0 Å². The molecule has 2 aromatic carbocycles. The van der Waals surface area contributed by atoms with Gasteiger partial charge >= 0.3 is 12.0 Å². The zero-order chi connectivity index (χ0) is 21.6. The van der Waals surface area contributed by atoms with Crippen molar-refractivity contribution in [2.45, 2.75) is 38.8 Å². The number of carbonyl (C=O) groups is 1. The van der Waals surface area contributed by atoms with Crippen LogP contribution in [0.5, 0.6) is 6.01 Å². The number of amides is 2. The Kier molecular flexibility index (Phi) is 6.46. The molecule has 2 heterocycles. The highest BCUT2D eigenvalue weighted by Gasteiger charge is 2.27. The average Bonchev–Trinajstić information content (AvgIpc) is 2.78. The number of carbonyl (C=O) groups excluding carboxylic acids is 1. The Bertz CT molecular complexity index is 951. The molecule has 0 aliphatic carbocycles. The fraction of sp³-hybridized carbons (Fsp3) is 0.320. The molecule has 1 N–H and O–H groups in total. The Morgan fingerprint density at radius 1 is 1.00 bits per heavy atom. The molecular weight excluding hydrogens is 388 g/mol. The molecule has 31 heavy (non-hydrogen) atoms. The van der Waals surface area contributed by atoms with Crippen LogP contribution in [0, 0.1) is 13.8 Å². The Morgan fingerprint density at radius 2 is 1.58 bits per heavy atom. The standard InChI is InChI=1S/C25H28N4O2/c1-18-16-19(2)27-24(26-18)31-22-14-9-15-29(17-22)25(30)28-23(20-10-5-3-6-11-20)21-12-7-4-8-13-21/h3-8,10-13,16,22-23H,9,14-15,17H2,1-2H3,(H,28,30). The summed E-state index contributed by atoms with van der Waals surface area (Å²) in [7, 11) is 0. The Hall–Kier alpha value is -3.41. The number of aryl methyl sites for hydroxylation is 2. The fourth-order valence-corrected chi connectivity index (χ4v) is 3.98. The third kappa shape index (κ3) is 5.40. The molecule has 0 spiro atoms. The van der Waals surface area contributed by atoms with Gasteiger partial charge in [0.05, 0.1) is 12.6 Å². The van der Waals surface area contributed by atoms with Gasteiger partial charge in [0, 0.05) is 17.9 Å². The minimum Gasteiger partial charge on any atom is -0.458 e. The van der Waals surface area contributed by atoms with E-state index in [1.165, 1.54) is 0 Å². The van der Waals surface area contributed by atoms with E-state index in [1.807, 2.05) is 85.5 Å². The Balaban J connectivity index is 1.46. The summed E-state index contributed by atoms with van der Waals surface area (Å²) in [6, 6.07) is 22.1. The highest BCUT2D eigenvalue weighted by atomic mass is 16.5. The smallest absolute Gasteiger partial charge is 0.318 e. The summed E-state index contributed by atoms with van der Waals surface area (Å²) in [5, 5.41) is 3.22. The second-order valence-corrected chi connectivity index (χ2v) is 7.97. The quantitative estimate of drug-likeness (QED) is 0.668. The lowest BCUT2D eigenvalue weighted by atomic mass is 9.99. The van der Waals surface area contributed by atoms with Crippen molar-refractivity contribution in [3.8, 4) is 6.01 Å². The number of aromatic nitrogens is 2. The first kappa shape index (κ1) is 20.8. The Labute approximate surface area is 183 Å². The third-order valence-electron chi connectivity index (χ3n) is 5.43. The molecule has 1 atom stereocenters. The summed E-state index contributed by atoms with van der Waals surface area (Å²) in [6.45, 7) is 5.07. The van der Waals surface area contributed by atoms with Crippen LogP contribution in [-0.2, 0) is 0 Å². The van der Waals surface area contributed by atoms with Crippen LogP contribution in [0.4, 0.5) is 4.79 Å². The molecule has 1 fully saturated rings. The number of hydrogen-bond donors (Lipinski definition) is 1. The minimum absolute atomic E-state index is 0.0904. The highest BCUT2D eigenvalue weighted by Crippen LogP contribution is 2.23. The van der Waals surface area contributed by atoms with Gasteiger partial charge in [-0.1, -0.05) is 60.7 Å². The van der Waals surface area contributed by atoms with E-state index in [1.54, 1.807) is 0 Å². The van der Waals surface area contributed by atoms with E-state index in [2.05, 4.69) is 15.3 Å². The van der Waals surface area contributed by atoms with Crippen molar-refractivity contribution in [3.63, 3.8) is 0 Å². The van der Waals surface area contributed by atoms with Crippen molar-refractivity contribution >= 4 is 6.03 Å². The molecule has 0 radical (unpaired) electrons. The number of likely N-dealkylation sites (tertiary alicyclic amines) is 1. The lowest BCUT2D eigenvalue weighted by Gasteiger charge is -2.33. The topological polar surface area (TPSA) is 67.3 Å². The fourth-order valence-electron chi connectivity index (χ4n) is 3.98. The second-order valence-electron chi connectivity index (χ2n) is 7.97. The third-order valence-corrected chi connectivity index (χ3v) is 5.43. The van der Waals surface area contributed by atoms with Crippen LogP contribution in [0.25, 0.3) is 0 Å². The molecule has 1 aliphatic rings. The number of benzene rings is 2. The lowest BCUT2D eigenvalue weighted by molar-refractivity contribution is 0.0930. The molecule has 3 aromatic rings. The molecule has 1 aliphatic heterocycles. The predicted molar refractivity (Wildman–Crippen MR) is 120 cm³/mol. The lowest BCUT2D eigenvalue weighted by Crippen LogP contribution is -2.49. The van der Waals surface area contributed by atoms with Crippen molar-refractivity contribution in [1.29, 1.82) is 0 Å². The van der Waals surface area contributed by atoms with Gasteiger partial charge in [-0.05, 0) is 43.9 Å². The molecule has 1 saturated heterocycles.